The molecule has 25 heavy (non-hydrogen) atoms. The maximum Gasteiger partial charge on any atom is 0.230 e. The molecule has 0 unspecified atom stereocenters. The first-order chi connectivity index (χ1) is 12.0. The van der Waals surface area contributed by atoms with Crippen molar-refractivity contribution in [3.05, 3.63) is 35.0 Å². The van der Waals surface area contributed by atoms with Gasteiger partial charge in [-0.2, -0.15) is 5.26 Å². The maximum absolute atomic E-state index is 11.7. The average Bonchev–Trinajstić information content (AvgIpc) is 2.60. The first-order valence-corrected chi connectivity index (χ1v) is 9.10. The smallest absolute Gasteiger partial charge is 0.230 e. The van der Waals surface area contributed by atoms with Crippen LogP contribution < -0.4 is 11.1 Å². The van der Waals surface area contributed by atoms with Crippen LogP contribution in [-0.2, 0) is 11.2 Å². The maximum atomic E-state index is 11.7. The molecule has 1 aromatic heterocycles. The summed E-state index contributed by atoms with van der Waals surface area (Å²) in [5.41, 5.74) is 8.66. The van der Waals surface area contributed by atoms with Crippen molar-refractivity contribution in [3.63, 3.8) is 0 Å². The Morgan fingerprint density at radius 3 is 2.72 bits per heavy atom. The molecule has 1 heterocycles. The number of nitrogen functional groups attached to an aromatic ring is 1. The zero-order valence-electron chi connectivity index (χ0n) is 13.8. The molecular formula is C17H18ClN5OS. The summed E-state index contributed by atoms with van der Waals surface area (Å²) < 4.78 is 0. The molecule has 3 N–H and O–H groups in total. The molecule has 0 fully saturated rings. The van der Waals surface area contributed by atoms with Crippen molar-refractivity contribution in [2.75, 3.05) is 18.0 Å². The van der Waals surface area contributed by atoms with E-state index in [0.29, 0.717) is 29.0 Å². The Hall–Kier alpha value is -2.30. The summed E-state index contributed by atoms with van der Waals surface area (Å²) >= 11 is 7.15. The van der Waals surface area contributed by atoms with E-state index in [9.17, 15) is 4.79 Å². The van der Waals surface area contributed by atoms with Crippen molar-refractivity contribution in [2.24, 2.45) is 0 Å². The molecule has 0 aliphatic carbocycles. The molecule has 6 nitrogen and oxygen atoms in total. The number of hydrogen-bond donors (Lipinski definition) is 2. The molecule has 2 rings (SSSR count). The Bertz CT molecular complexity index is 789. The van der Waals surface area contributed by atoms with Crippen LogP contribution in [0, 0.1) is 11.3 Å². The predicted octanol–water partition coefficient (Wildman–Crippen LogP) is 3.06. The lowest BCUT2D eigenvalue weighted by molar-refractivity contribution is -0.118. The Kier molecular flexibility index (Phi) is 7.04. The number of benzene rings is 1. The van der Waals surface area contributed by atoms with Gasteiger partial charge in [0.2, 0.25) is 5.91 Å². The first-order valence-electron chi connectivity index (χ1n) is 7.74. The van der Waals surface area contributed by atoms with Gasteiger partial charge in [-0.3, -0.25) is 4.79 Å². The minimum atomic E-state index is -0.165. The number of carbonyl (C=O) groups is 1. The number of carbonyl (C=O) groups excluding carboxylic acids is 1. The Morgan fingerprint density at radius 1 is 1.36 bits per heavy atom. The highest BCUT2D eigenvalue weighted by Gasteiger charge is 2.14. The van der Waals surface area contributed by atoms with Crippen molar-refractivity contribution < 1.29 is 4.79 Å². The fourth-order valence-electron chi connectivity index (χ4n) is 2.19. The van der Waals surface area contributed by atoms with E-state index in [2.05, 4.69) is 15.3 Å². The minimum Gasteiger partial charge on any atom is -0.383 e. The number of nitrogens with one attached hydrogen (secondary N) is 1. The molecular weight excluding hydrogens is 358 g/mol. The van der Waals surface area contributed by atoms with E-state index in [0.717, 1.165) is 16.8 Å². The second-order valence-corrected chi connectivity index (χ2v) is 6.50. The van der Waals surface area contributed by atoms with Crippen LogP contribution in [0.4, 0.5) is 5.82 Å². The van der Waals surface area contributed by atoms with E-state index in [1.165, 1.54) is 11.8 Å². The largest absolute Gasteiger partial charge is 0.383 e. The number of nitrogens with zero attached hydrogens (tertiary/aromatic N) is 3. The molecule has 0 saturated carbocycles. The third-order valence-corrected chi connectivity index (χ3v) is 4.45. The monoisotopic (exact) mass is 375 g/mol. The molecule has 0 saturated heterocycles. The molecule has 8 heteroatoms. The van der Waals surface area contributed by atoms with Crippen molar-refractivity contribution in [1.82, 2.24) is 15.3 Å². The number of anilines is 1. The molecule has 0 bridgehead atoms. The van der Waals surface area contributed by atoms with Crippen LogP contribution in [0.1, 0.15) is 19.0 Å². The Balaban J connectivity index is 2.15. The molecule has 0 aliphatic heterocycles. The number of hydrogen-bond acceptors (Lipinski definition) is 6. The summed E-state index contributed by atoms with van der Waals surface area (Å²) in [5, 5.41) is 12.2. The molecule has 0 spiro atoms. The summed E-state index contributed by atoms with van der Waals surface area (Å²) in [6, 6.07) is 9.33. The second-order valence-electron chi connectivity index (χ2n) is 5.12. The number of aromatic nitrogens is 2. The Labute approximate surface area is 155 Å². The van der Waals surface area contributed by atoms with Crippen molar-refractivity contribution >= 4 is 35.1 Å². The molecule has 0 aliphatic rings. The quantitative estimate of drug-likeness (QED) is 0.437. The standard InChI is InChI=1S/C17H18ClN5OS/c1-2-13-15(11-4-6-12(18)7-5-11)16(20)23-17(22-13)25-10-14(24)21-9-3-8-19/h4-7H,2-3,9-10H2,1H3,(H,21,24)(H2,20,22,23). The van der Waals surface area contributed by atoms with Crippen LogP contribution in [0.5, 0.6) is 0 Å². The van der Waals surface area contributed by atoms with Gasteiger partial charge in [0.05, 0.1) is 23.9 Å². The van der Waals surface area contributed by atoms with Crippen LogP contribution >= 0.6 is 23.4 Å². The summed E-state index contributed by atoms with van der Waals surface area (Å²) in [6.45, 7) is 2.33. The van der Waals surface area contributed by atoms with E-state index in [-0.39, 0.29) is 18.1 Å². The number of thioether (sulfide) groups is 1. The molecule has 1 aromatic carbocycles. The lowest BCUT2D eigenvalue weighted by Crippen LogP contribution is -2.26. The van der Waals surface area contributed by atoms with E-state index < -0.39 is 0 Å². The predicted molar refractivity (Wildman–Crippen MR) is 100 cm³/mol. The first kappa shape index (κ1) is 19.0. The molecule has 1 amide bonds. The van der Waals surface area contributed by atoms with Gasteiger partial charge in [-0.05, 0) is 24.1 Å². The molecule has 0 radical (unpaired) electrons. The average molecular weight is 376 g/mol. The lowest BCUT2D eigenvalue weighted by Gasteiger charge is -2.12. The highest BCUT2D eigenvalue weighted by Crippen LogP contribution is 2.30. The van der Waals surface area contributed by atoms with Gasteiger partial charge in [-0.15, -0.1) is 0 Å². The van der Waals surface area contributed by atoms with E-state index in [1.54, 1.807) is 12.1 Å². The number of nitrogens with two attached hydrogens (primary N) is 1. The summed E-state index contributed by atoms with van der Waals surface area (Å²) in [6.07, 6.45) is 0.974. The molecule has 130 valence electrons. The fourth-order valence-corrected chi connectivity index (χ4v) is 3.02. The SMILES string of the molecule is CCc1nc(SCC(=O)NCCC#N)nc(N)c1-c1ccc(Cl)cc1. The number of nitriles is 1. The fraction of sp³-hybridized carbons (Fsp3) is 0.294. The topological polar surface area (TPSA) is 105 Å². The second kappa shape index (κ2) is 9.25. The van der Waals surface area contributed by atoms with Crippen LogP contribution in [0.3, 0.4) is 0 Å². The number of halogens is 1. The van der Waals surface area contributed by atoms with Gasteiger partial charge < -0.3 is 11.1 Å². The molecule has 0 atom stereocenters. The highest BCUT2D eigenvalue weighted by atomic mass is 35.5. The van der Waals surface area contributed by atoms with E-state index >= 15 is 0 Å². The van der Waals surface area contributed by atoms with Gasteiger partial charge in [0.1, 0.15) is 5.82 Å². The van der Waals surface area contributed by atoms with E-state index in [4.69, 9.17) is 22.6 Å². The van der Waals surface area contributed by atoms with Gasteiger partial charge in [0.25, 0.3) is 0 Å². The van der Waals surface area contributed by atoms with Crippen LogP contribution in [0.2, 0.25) is 5.02 Å². The number of amides is 1. The summed E-state index contributed by atoms with van der Waals surface area (Å²) in [4.78, 5) is 20.5. The van der Waals surface area contributed by atoms with Crippen LogP contribution in [0.15, 0.2) is 29.4 Å². The number of rotatable bonds is 7. The molecule has 2 aromatic rings. The summed E-state index contributed by atoms with van der Waals surface area (Å²) in [5.74, 6) is 0.387. The van der Waals surface area contributed by atoms with Gasteiger partial charge in [0, 0.05) is 17.1 Å². The van der Waals surface area contributed by atoms with Crippen molar-refractivity contribution in [3.8, 4) is 17.2 Å². The zero-order valence-corrected chi connectivity index (χ0v) is 15.3. The minimum absolute atomic E-state index is 0.165. The van der Waals surface area contributed by atoms with Crippen molar-refractivity contribution in [2.45, 2.75) is 24.9 Å². The summed E-state index contributed by atoms with van der Waals surface area (Å²) in [7, 11) is 0. The normalized spacial score (nSPS) is 10.3. The van der Waals surface area contributed by atoms with Gasteiger partial charge in [0.15, 0.2) is 5.16 Å². The third-order valence-electron chi connectivity index (χ3n) is 3.35. The number of aryl methyl sites for hydroxylation is 1. The zero-order chi connectivity index (χ0) is 18.2. The Morgan fingerprint density at radius 2 is 2.08 bits per heavy atom. The van der Waals surface area contributed by atoms with Gasteiger partial charge in [-0.25, -0.2) is 9.97 Å². The lowest BCUT2D eigenvalue weighted by atomic mass is 10.0. The highest BCUT2D eigenvalue weighted by molar-refractivity contribution is 7.99. The van der Waals surface area contributed by atoms with Crippen molar-refractivity contribution in [1.29, 1.82) is 5.26 Å². The van der Waals surface area contributed by atoms with E-state index in [1.807, 2.05) is 25.1 Å². The van der Waals surface area contributed by atoms with Crippen LogP contribution in [0.25, 0.3) is 11.1 Å². The van der Waals surface area contributed by atoms with Gasteiger partial charge >= 0.3 is 0 Å². The van der Waals surface area contributed by atoms with Gasteiger partial charge in [-0.1, -0.05) is 42.4 Å². The third kappa shape index (κ3) is 5.34. The van der Waals surface area contributed by atoms with Crippen LogP contribution in [-0.4, -0.2) is 28.2 Å².